The minimum atomic E-state index is -0.462. The van der Waals surface area contributed by atoms with E-state index in [0.717, 1.165) is 22.6 Å². The highest BCUT2D eigenvalue weighted by molar-refractivity contribution is 5.94. The average molecular weight is 294 g/mol. The van der Waals surface area contributed by atoms with Gasteiger partial charge in [-0.2, -0.15) is 0 Å². The maximum atomic E-state index is 11.3. The second kappa shape index (κ2) is 5.69. The molecule has 2 aromatic heterocycles. The van der Waals surface area contributed by atoms with Gasteiger partial charge in [0.15, 0.2) is 0 Å². The Morgan fingerprint density at radius 2 is 2.05 bits per heavy atom. The fourth-order valence-electron chi connectivity index (χ4n) is 2.05. The molecule has 22 heavy (non-hydrogen) atoms. The summed E-state index contributed by atoms with van der Waals surface area (Å²) in [6, 6.07) is 12.6. The first-order chi connectivity index (χ1) is 10.6. The van der Waals surface area contributed by atoms with E-state index >= 15 is 0 Å². The molecule has 3 rings (SSSR count). The number of amides is 1. The molecule has 1 aromatic carbocycles. The van der Waals surface area contributed by atoms with Crippen LogP contribution in [-0.4, -0.2) is 16.0 Å². The highest BCUT2D eigenvalue weighted by Gasteiger charge is 2.07. The van der Waals surface area contributed by atoms with Crippen molar-refractivity contribution in [3.8, 4) is 11.3 Å². The molecular formula is C16H14N4O2. The number of carbonyl (C=O) groups is 1. The second-order valence-corrected chi connectivity index (χ2v) is 4.79. The van der Waals surface area contributed by atoms with Crippen molar-refractivity contribution in [3.63, 3.8) is 0 Å². The Hall–Kier alpha value is -3.15. The fraction of sp³-hybridized carbons (Fsp3) is 0.0625. The molecule has 0 bridgehead atoms. The Morgan fingerprint density at radius 3 is 2.77 bits per heavy atom. The summed E-state index contributed by atoms with van der Waals surface area (Å²) >= 11 is 0. The molecule has 1 amide bonds. The monoisotopic (exact) mass is 294 g/mol. The summed E-state index contributed by atoms with van der Waals surface area (Å²) in [4.78, 5) is 15.8. The van der Waals surface area contributed by atoms with Gasteiger partial charge in [0.2, 0.25) is 5.91 Å². The largest absolute Gasteiger partial charge is 0.366 e. The van der Waals surface area contributed by atoms with Crippen LogP contribution in [0.5, 0.6) is 0 Å². The molecule has 3 aromatic rings. The number of hydrogen-bond donors (Lipinski definition) is 2. The topological polar surface area (TPSA) is 94.0 Å². The lowest BCUT2D eigenvalue weighted by atomic mass is 10.1. The van der Waals surface area contributed by atoms with E-state index in [1.54, 1.807) is 18.2 Å². The molecule has 110 valence electrons. The zero-order chi connectivity index (χ0) is 15.5. The molecule has 0 aliphatic rings. The van der Waals surface area contributed by atoms with Crippen molar-refractivity contribution in [3.05, 3.63) is 60.0 Å². The third-order valence-corrected chi connectivity index (χ3v) is 3.20. The van der Waals surface area contributed by atoms with E-state index in [2.05, 4.69) is 15.5 Å². The van der Waals surface area contributed by atoms with Crippen molar-refractivity contribution in [1.82, 2.24) is 10.1 Å². The first-order valence-electron chi connectivity index (χ1n) is 6.69. The van der Waals surface area contributed by atoms with Crippen molar-refractivity contribution < 1.29 is 9.32 Å². The highest BCUT2D eigenvalue weighted by Crippen LogP contribution is 2.23. The number of hydrogen-bond acceptors (Lipinski definition) is 5. The van der Waals surface area contributed by atoms with Gasteiger partial charge < -0.3 is 15.6 Å². The van der Waals surface area contributed by atoms with Gasteiger partial charge in [-0.15, -0.1) is 0 Å². The quantitative estimate of drug-likeness (QED) is 0.771. The number of aryl methyl sites for hydroxylation is 1. The van der Waals surface area contributed by atoms with Crippen molar-refractivity contribution in [1.29, 1.82) is 0 Å². The van der Waals surface area contributed by atoms with Crippen LogP contribution >= 0.6 is 0 Å². The maximum absolute atomic E-state index is 11.3. The van der Waals surface area contributed by atoms with Crippen LogP contribution in [0.1, 0.15) is 16.1 Å². The smallest absolute Gasteiger partial charge is 0.248 e. The summed E-state index contributed by atoms with van der Waals surface area (Å²) < 4.78 is 4.88. The third kappa shape index (κ3) is 2.80. The number of pyridine rings is 1. The molecule has 0 aliphatic carbocycles. The Labute approximate surface area is 127 Å². The lowest BCUT2D eigenvalue weighted by molar-refractivity contribution is 0.100. The summed E-state index contributed by atoms with van der Waals surface area (Å²) in [5.41, 5.74) is 8.83. The molecule has 6 nitrogen and oxygen atoms in total. The molecule has 2 heterocycles. The van der Waals surface area contributed by atoms with Crippen LogP contribution in [0.25, 0.3) is 11.3 Å². The Bertz CT molecular complexity index is 826. The summed E-state index contributed by atoms with van der Waals surface area (Å²) in [5.74, 6) is 0.199. The molecule has 0 unspecified atom stereocenters. The van der Waals surface area contributed by atoms with Gasteiger partial charge in [-0.3, -0.25) is 4.79 Å². The van der Waals surface area contributed by atoms with E-state index in [4.69, 9.17) is 10.3 Å². The molecule has 3 N–H and O–H groups in total. The van der Waals surface area contributed by atoms with E-state index < -0.39 is 5.91 Å². The van der Waals surface area contributed by atoms with Gasteiger partial charge >= 0.3 is 0 Å². The zero-order valence-electron chi connectivity index (χ0n) is 11.9. The van der Waals surface area contributed by atoms with Gasteiger partial charge in [-0.25, -0.2) is 4.98 Å². The normalized spacial score (nSPS) is 10.4. The van der Waals surface area contributed by atoms with Crippen LogP contribution < -0.4 is 11.1 Å². The summed E-state index contributed by atoms with van der Waals surface area (Å²) in [6.07, 6.45) is 1.53. The molecule has 0 radical (unpaired) electrons. The number of nitrogens with zero attached hydrogens (tertiary/aromatic N) is 2. The van der Waals surface area contributed by atoms with Gasteiger partial charge in [0.25, 0.3) is 0 Å². The molecule has 0 saturated heterocycles. The Kier molecular flexibility index (Phi) is 3.57. The first-order valence-corrected chi connectivity index (χ1v) is 6.69. The van der Waals surface area contributed by atoms with Crippen LogP contribution in [0.3, 0.4) is 0 Å². The first kappa shape index (κ1) is 13.8. The van der Waals surface area contributed by atoms with Crippen molar-refractivity contribution in [2.45, 2.75) is 6.92 Å². The second-order valence-electron chi connectivity index (χ2n) is 4.79. The molecule has 0 aliphatic heterocycles. The van der Waals surface area contributed by atoms with E-state index in [1.807, 2.05) is 31.2 Å². The van der Waals surface area contributed by atoms with Gasteiger partial charge in [0.1, 0.15) is 23.5 Å². The number of primary amides is 1. The molecule has 0 atom stereocenters. The average Bonchev–Trinajstić information content (AvgIpc) is 2.93. The van der Waals surface area contributed by atoms with Crippen LogP contribution in [-0.2, 0) is 0 Å². The zero-order valence-corrected chi connectivity index (χ0v) is 11.9. The molecule has 0 saturated carbocycles. The highest BCUT2D eigenvalue weighted by atomic mass is 16.5. The number of carbonyl (C=O) groups excluding carboxylic acids is 1. The number of nitrogens with one attached hydrogen (secondary N) is 1. The van der Waals surface area contributed by atoms with E-state index in [1.165, 1.54) is 6.26 Å². The minimum absolute atomic E-state index is 0.451. The van der Waals surface area contributed by atoms with Gasteiger partial charge in [0, 0.05) is 11.1 Å². The third-order valence-electron chi connectivity index (χ3n) is 3.20. The maximum Gasteiger partial charge on any atom is 0.248 e. The number of aromatic nitrogens is 2. The van der Waals surface area contributed by atoms with Crippen LogP contribution in [0, 0.1) is 6.92 Å². The molecular weight excluding hydrogens is 280 g/mol. The lowest BCUT2D eigenvalue weighted by Gasteiger charge is -2.07. The van der Waals surface area contributed by atoms with Crippen molar-refractivity contribution in [2.24, 2.45) is 5.73 Å². The SMILES string of the molecule is Cc1nocc1Nc1cccc(-c2cccc(C(N)=O)c2)n1. The van der Waals surface area contributed by atoms with Gasteiger partial charge in [-0.05, 0) is 31.2 Å². The Morgan fingerprint density at radius 1 is 1.23 bits per heavy atom. The van der Waals surface area contributed by atoms with Crippen molar-refractivity contribution in [2.75, 3.05) is 5.32 Å². The number of rotatable bonds is 4. The molecule has 6 heteroatoms. The van der Waals surface area contributed by atoms with Gasteiger partial charge in [0.05, 0.1) is 5.69 Å². The minimum Gasteiger partial charge on any atom is -0.366 e. The standard InChI is InChI=1S/C16H14N4O2/c1-10-14(9-22-20-10)19-15-7-3-6-13(18-15)11-4-2-5-12(8-11)16(17)21/h2-9H,1H3,(H2,17,21)(H,18,19). The van der Waals surface area contributed by atoms with E-state index in [-0.39, 0.29) is 0 Å². The summed E-state index contributed by atoms with van der Waals surface area (Å²) in [7, 11) is 0. The summed E-state index contributed by atoms with van der Waals surface area (Å²) in [6.45, 7) is 1.84. The lowest BCUT2D eigenvalue weighted by Crippen LogP contribution is -2.10. The van der Waals surface area contributed by atoms with Gasteiger partial charge in [-0.1, -0.05) is 23.4 Å². The Balaban J connectivity index is 1.92. The van der Waals surface area contributed by atoms with Crippen LogP contribution in [0.4, 0.5) is 11.5 Å². The molecule has 0 spiro atoms. The number of anilines is 2. The predicted molar refractivity (Wildman–Crippen MR) is 82.7 cm³/mol. The molecule has 0 fully saturated rings. The van der Waals surface area contributed by atoms with Crippen LogP contribution in [0.2, 0.25) is 0 Å². The fourth-order valence-corrected chi connectivity index (χ4v) is 2.05. The predicted octanol–water partition coefficient (Wildman–Crippen LogP) is 2.89. The van der Waals surface area contributed by atoms with E-state index in [0.29, 0.717) is 11.4 Å². The number of nitrogens with two attached hydrogens (primary N) is 1. The van der Waals surface area contributed by atoms with Crippen molar-refractivity contribution >= 4 is 17.4 Å². The number of benzene rings is 1. The van der Waals surface area contributed by atoms with Crippen LogP contribution in [0.15, 0.2) is 53.3 Å². The summed E-state index contributed by atoms with van der Waals surface area (Å²) in [5, 5.41) is 6.95. The van der Waals surface area contributed by atoms with E-state index in [9.17, 15) is 4.79 Å².